The number of alkyl halides is 3. The molecule has 0 saturated carbocycles. The maximum absolute atomic E-state index is 14.5. The van der Waals surface area contributed by atoms with Gasteiger partial charge < -0.3 is 4.74 Å². The van der Waals surface area contributed by atoms with Crippen LogP contribution in [0.5, 0.6) is 5.75 Å². The molecule has 1 aromatic heterocycles. The van der Waals surface area contributed by atoms with Crippen LogP contribution in [0, 0.1) is 6.92 Å². The fourth-order valence-corrected chi connectivity index (χ4v) is 5.48. The molecule has 0 bridgehead atoms. The Morgan fingerprint density at radius 3 is 2.49 bits per heavy atom. The molecule has 3 aromatic carbocycles. The highest BCUT2D eigenvalue weighted by Gasteiger charge is 2.34. The van der Waals surface area contributed by atoms with E-state index in [0.29, 0.717) is 23.9 Å². The summed E-state index contributed by atoms with van der Waals surface area (Å²) in [4.78, 5) is 6.39. The summed E-state index contributed by atoms with van der Waals surface area (Å²) in [5.41, 5.74) is 4.83. The Kier molecular flexibility index (Phi) is 8.89. The fourth-order valence-electron chi connectivity index (χ4n) is 5.48. The molecule has 1 saturated heterocycles. The Balaban J connectivity index is 1.53. The Bertz CT molecular complexity index is 1480. The van der Waals surface area contributed by atoms with Gasteiger partial charge in [0.05, 0.1) is 5.56 Å². The van der Waals surface area contributed by atoms with Crippen molar-refractivity contribution < 1.29 is 17.9 Å². The first kappa shape index (κ1) is 28.6. The van der Waals surface area contributed by atoms with Crippen LogP contribution in [0.25, 0.3) is 23.3 Å². The molecule has 0 spiro atoms. The molecule has 0 amide bonds. The highest BCUT2D eigenvalue weighted by molar-refractivity contribution is 5.78. The second-order valence-electron chi connectivity index (χ2n) is 10.7. The summed E-state index contributed by atoms with van der Waals surface area (Å²) in [7, 11) is 0. The Morgan fingerprint density at radius 1 is 0.951 bits per heavy atom. The minimum atomic E-state index is -4.51. The van der Waals surface area contributed by atoms with Gasteiger partial charge in [0.1, 0.15) is 12.4 Å². The number of rotatable bonds is 8. The van der Waals surface area contributed by atoms with E-state index in [2.05, 4.69) is 16.8 Å². The maximum atomic E-state index is 14.5. The third kappa shape index (κ3) is 7.06. The van der Waals surface area contributed by atoms with Crippen molar-refractivity contribution in [1.82, 2.24) is 9.88 Å². The molecule has 2 heterocycles. The molecule has 0 aliphatic carbocycles. The molecule has 3 nitrogen and oxygen atoms in total. The summed E-state index contributed by atoms with van der Waals surface area (Å²) < 4.78 is 49.6. The molecule has 6 heteroatoms. The Morgan fingerprint density at radius 2 is 1.76 bits per heavy atom. The first-order valence-corrected chi connectivity index (χ1v) is 14.1. The molecule has 1 aliphatic rings. The van der Waals surface area contributed by atoms with Gasteiger partial charge in [0.15, 0.2) is 0 Å². The summed E-state index contributed by atoms with van der Waals surface area (Å²) in [6, 6.07) is 22.7. The van der Waals surface area contributed by atoms with Gasteiger partial charge in [-0.05, 0) is 79.3 Å². The van der Waals surface area contributed by atoms with Crippen LogP contribution in [-0.4, -0.2) is 22.5 Å². The third-order valence-corrected chi connectivity index (χ3v) is 7.87. The number of likely N-dealkylation sites (tertiary alicyclic amines) is 1. The van der Waals surface area contributed by atoms with Crippen molar-refractivity contribution in [3.05, 3.63) is 119 Å². The molecule has 0 N–H and O–H groups in total. The molecule has 212 valence electrons. The van der Waals surface area contributed by atoms with Crippen molar-refractivity contribution in [2.45, 2.75) is 58.5 Å². The van der Waals surface area contributed by atoms with Crippen LogP contribution in [-0.2, 0) is 19.3 Å². The first-order chi connectivity index (χ1) is 19.8. The number of halogens is 3. The zero-order valence-electron chi connectivity index (χ0n) is 23.5. The standard InChI is InChI=1S/C35H35F3N2O/c1-25-10-6-7-19-40(25)23-31-20-33(35(36,37)38)30(21-34(31)41-24-27-11-9-18-39-22-27)17-16-28-14-8-15-32(26(28)2)29-12-4-3-5-13-29/h3-5,8-9,11-18,20-22,25H,6-7,10,19,23-24H2,1-2H3/b17-16+/t25-/m1/s1. The summed E-state index contributed by atoms with van der Waals surface area (Å²) in [5.74, 6) is 0.467. The van der Waals surface area contributed by atoms with E-state index in [9.17, 15) is 13.2 Å². The van der Waals surface area contributed by atoms with E-state index in [4.69, 9.17) is 4.74 Å². The molecule has 1 atom stereocenters. The lowest BCUT2D eigenvalue weighted by atomic mass is 9.95. The summed E-state index contributed by atoms with van der Waals surface area (Å²) in [6.07, 6.45) is 5.44. The maximum Gasteiger partial charge on any atom is 0.417 e. The van der Waals surface area contributed by atoms with Crippen molar-refractivity contribution in [2.75, 3.05) is 6.54 Å². The largest absolute Gasteiger partial charge is 0.488 e. The second kappa shape index (κ2) is 12.7. The molecule has 4 aromatic rings. The van der Waals surface area contributed by atoms with Crippen molar-refractivity contribution in [1.29, 1.82) is 0 Å². The van der Waals surface area contributed by atoms with Crippen LogP contribution in [0.1, 0.15) is 59.6 Å². The number of aromatic nitrogens is 1. The predicted octanol–water partition coefficient (Wildman–Crippen LogP) is 9.20. The van der Waals surface area contributed by atoms with Gasteiger partial charge >= 0.3 is 6.18 Å². The van der Waals surface area contributed by atoms with Gasteiger partial charge in [-0.25, -0.2) is 0 Å². The molecule has 1 aliphatic heterocycles. The minimum Gasteiger partial charge on any atom is -0.488 e. The number of piperidine rings is 1. The van der Waals surface area contributed by atoms with Crippen LogP contribution >= 0.6 is 0 Å². The molecule has 0 radical (unpaired) electrons. The Labute approximate surface area is 240 Å². The molecule has 1 fully saturated rings. The SMILES string of the molecule is Cc1c(/C=C/c2cc(OCc3cccnc3)c(CN3CCCC[C@H]3C)cc2C(F)(F)F)cccc1-c1ccccc1. The first-order valence-electron chi connectivity index (χ1n) is 14.1. The van der Waals surface area contributed by atoms with Crippen LogP contribution < -0.4 is 4.74 Å². The van der Waals surface area contributed by atoms with Crippen molar-refractivity contribution in [3.8, 4) is 16.9 Å². The minimum absolute atomic E-state index is 0.0821. The zero-order valence-corrected chi connectivity index (χ0v) is 23.5. The number of hydrogen-bond acceptors (Lipinski definition) is 3. The normalized spacial score (nSPS) is 16.3. The lowest BCUT2D eigenvalue weighted by Gasteiger charge is -2.34. The van der Waals surface area contributed by atoms with Crippen molar-refractivity contribution in [3.63, 3.8) is 0 Å². The smallest absolute Gasteiger partial charge is 0.417 e. The summed E-state index contributed by atoms with van der Waals surface area (Å²) in [5, 5.41) is 0. The lowest BCUT2D eigenvalue weighted by molar-refractivity contribution is -0.137. The molecule has 41 heavy (non-hydrogen) atoms. The molecule has 5 rings (SSSR count). The van der Waals surface area contributed by atoms with E-state index in [1.807, 2.05) is 67.6 Å². The van der Waals surface area contributed by atoms with Crippen molar-refractivity contribution in [2.24, 2.45) is 0 Å². The number of benzene rings is 3. The third-order valence-electron chi connectivity index (χ3n) is 7.87. The van der Waals surface area contributed by atoms with Crippen LogP contribution in [0.2, 0.25) is 0 Å². The van der Waals surface area contributed by atoms with Gasteiger partial charge in [-0.2, -0.15) is 13.2 Å². The van der Waals surface area contributed by atoms with E-state index in [-0.39, 0.29) is 12.2 Å². The number of nitrogens with zero attached hydrogens (tertiary/aromatic N) is 2. The van der Waals surface area contributed by atoms with E-state index >= 15 is 0 Å². The second-order valence-corrected chi connectivity index (χ2v) is 10.7. The van der Waals surface area contributed by atoms with Crippen LogP contribution in [0.15, 0.2) is 85.2 Å². The highest BCUT2D eigenvalue weighted by Crippen LogP contribution is 2.38. The fraction of sp³-hybridized carbons (Fsp3) is 0.286. The van der Waals surface area contributed by atoms with E-state index in [1.165, 1.54) is 6.07 Å². The number of ether oxygens (including phenoxy) is 1. The Hall–Kier alpha value is -3.90. The van der Waals surface area contributed by atoms with Gasteiger partial charge in [0, 0.05) is 36.1 Å². The molecular weight excluding hydrogens is 521 g/mol. The van der Waals surface area contributed by atoms with Gasteiger partial charge in [0.2, 0.25) is 0 Å². The average Bonchev–Trinajstić information content (AvgIpc) is 2.97. The number of hydrogen-bond donors (Lipinski definition) is 0. The topological polar surface area (TPSA) is 25.4 Å². The van der Waals surface area contributed by atoms with Crippen molar-refractivity contribution >= 4 is 12.2 Å². The molecular formula is C35H35F3N2O. The van der Waals surface area contributed by atoms with Crippen LogP contribution in [0.3, 0.4) is 0 Å². The summed E-state index contributed by atoms with van der Waals surface area (Å²) >= 11 is 0. The summed E-state index contributed by atoms with van der Waals surface area (Å²) in [6.45, 7) is 5.64. The quantitative estimate of drug-likeness (QED) is 0.202. The lowest BCUT2D eigenvalue weighted by Crippen LogP contribution is -2.36. The monoisotopic (exact) mass is 556 g/mol. The zero-order chi connectivity index (χ0) is 28.8. The highest BCUT2D eigenvalue weighted by atomic mass is 19.4. The van der Waals surface area contributed by atoms with E-state index < -0.39 is 11.7 Å². The van der Waals surface area contributed by atoms with E-state index in [0.717, 1.165) is 53.6 Å². The van der Waals surface area contributed by atoms with Gasteiger partial charge in [-0.1, -0.05) is 73.2 Å². The van der Waals surface area contributed by atoms with Gasteiger partial charge in [0.25, 0.3) is 0 Å². The van der Waals surface area contributed by atoms with Gasteiger partial charge in [-0.15, -0.1) is 0 Å². The van der Waals surface area contributed by atoms with E-state index in [1.54, 1.807) is 30.6 Å². The molecule has 0 unspecified atom stereocenters. The predicted molar refractivity (Wildman–Crippen MR) is 159 cm³/mol. The average molecular weight is 557 g/mol. The van der Waals surface area contributed by atoms with Gasteiger partial charge in [-0.3, -0.25) is 9.88 Å². The number of pyridine rings is 1. The van der Waals surface area contributed by atoms with Crippen LogP contribution in [0.4, 0.5) is 13.2 Å².